The minimum absolute atomic E-state index is 0.00719. The van der Waals surface area contributed by atoms with Crippen LogP contribution in [-0.2, 0) is 4.79 Å². The zero-order valence-electron chi connectivity index (χ0n) is 10.6. The third kappa shape index (κ3) is 1.88. The predicted octanol–water partition coefficient (Wildman–Crippen LogP) is 0.797. The molecular formula is C12H13N5O2. The lowest BCUT2D eigenvalue weighted by Crippen LogP contribution is -2.25. The third-order valence-corrected chi connectivity index (χ3v) is 2.86. The summed E-state index contributed by atoms with van der Waals surface area (Å²) in [5.41, 5.74) is 7.78. The van der Waals surface area contributed by atoms with Gasteiger partial charge in [-0.3, -0.25) is 4.79 Å². The molecule has 0 atom stereocenters. The van der Waals surface area contributed by atoms with Crippen LogP contribution in [0.2, 0.25) is 0 Å². The molecule has 3 rings (SSSR count). The van der Waals surface area contributed by atoms with E-state index in [2.05, 4.69) is 15.4 Å². The van der Waals surface area contributed by atoms with Crippen molar-refractivity contribution in [1.29, 1.82) is 0 Å². The molecule has 1 amide bonds. The van der Waals surface area contributed by atoms with Gasteiger partial charge in [-0.05, 0) is 19.9 Å². The van der Waals surface area contributed by atoms with E-state index in [9.17, 15) is 4.79 Å². The number of ether oxygens (including phenoxy) is 1. The van der Waals surface area contributed by atoms with Crippen LogP contribution in [0.5, 0.6) is 5.75 Å². The lowest BCUT2D eigenvalue weighted by Gasteiger charge is -2.20. The largest absolute Gasteiger partial charge is 0.482 e. The molecule has 0 saturated heterocycles. The Morgan fingerprint density at radius 2 is 2.21 bits per heavy atom. The maximum absolute atomic E-state index is 11.3. The summed E-state index contributed by atoms with van der Waals surface area (Å²) < 4.78 is 6.95. The van der Waals surface area contributed by atoms with Crippen LogP contribution < -0.4 is 15.8 Å². The predicted molar refractivity (Wildman–Crippen MR) is 69.4 cm³/mol. The molecule has 1 aliphatic rings. The number of anilines is 2. The number of aromatic nitrogens is 3. The van der Waals surface area contributed by atoms with Gasteiger partial charge in [0.2, 0.25) is 0 Å². The number of carbonyl (C=O) groups excluding carboxylic acids is 1. The molecule has 98 valence electrons. The van der Waals surface area contributed by atoms with Gasteiger partial charge < -0.3 is 15.8 Å². The van der Waals surface area contributed by atoms with Gasteiger partial charge in [0.05, 0.1) is 17.1 Å². The van der Waals surface area contributed by atoms with Crippen LogP contribution in [0.1, 0.15) is 11.6 Å². The number of carbonyl (C=O) groups is 1. The van der Waals surface area contributed by atoms with Crippen molar-refractivity contribution in [3.05, 3.63) is 23.8 Å². The molecule has 0 spiro atoms. The van der Waals surface area contributed by atoms with Crippen molar-refractivity contribution in [3.63, 3.8) is 0 Å². The van der Waals surface area contributed by atoms with Crippen molar-refractivity contribution in [1.82, 2.24) is 14.8 Å². The molecule has 2 heterocycles. The summed E-state index contributed by atoms with van der Waals surface area (Å²) in [4.78, 5) is 15.6. The summed E-state index contributed by atoms with van der Waals surface area (Å²) in [6.45, 7) is 3.66. The Bertz CT molecular complexity index is 677. The molecule has 0 unspecified atom stereocenters. The van der Waals surface area contributed by atoms with E-state index in [4.69, 9.17) is 10.5 Å². The zero-order valence-corrected chi connectivity index (χ0v) is 10.6. The standard InChI is InChI=1S/C12H13N5O2/c1-6-14-7(2)17(16-6)10-4-9-11(3-8(10)13)19-5-12(18)15-9/h3-4H,5,13H2,1-2H3,(H,15,18). The summed E-state index contributed by atoms with van der Waals surface area (Å²) in [7, 11) is 0. The highest BCUT2D eigenvalue weighted by atomic mass is 16.5. The van der Waals surface area contributed by atoms with Crippen LogP contribution >= 0.6 is 0 Å². The number of nitrogen functional groups attached to an aromatic ring is 1. The van der Waals surface area contributed by atoms with Crippen molar-refractivity contribution in [3.8, 4) is 11.4 Å². The van der Waals surface area contributed by atoms with E-state index in [1.54, 1.807) is 16.8 Å². The highest BCUT2D eigenvalue weighted by molar-refractivity contribution is 5.96. The second-order valence-electron chi connectivity index (χ2n) is 4.36. The van der Waals surface area contributed by atoms with Gasteiger partial charge in [0, 0.05) is 6.07 Å². The van der Waals surface area contributed by atoms with E-state index in [1.165, 1.54) is 0 Å². The number of rotatable bonds is 1. The fourth-order valence-electron chi connectivity index (χ4n) is 2.06. The van der Waals surface area contributed by atoms with Crippen LogP contribution in [0.4, 0.5) is 11.4 Å². The topological polar surface area (TPSA) is 95.1 Å². The molecule has 1 aromatic heterocycles. The summed E-state index contributed by atoms with van der Waals surface area (Å²) in [5, 5.41) is 7.02. The maximum Gasteiger partial charge on any atom is 0.262 e. The monoisotopic (exact) mass is 259 g/mol. The van der Waals surface area contributed by atoms with Gasteiger partial charge in [0.25, 0.3) is 5.91 Å². The van der Waals surface area contributed by atoms with Crippen LogP contribution in [0.3, 0.4) is 0 Å². The van der Waals surface area contributed by atoms with Gasteiger partial charge in [0.1, 0.15) is 17.4 Å². The number of nitrogens with two attached hydrogens (primary N) is 1. The van der Waals surface area contributed by atoms with Gasteiger partial charge in [0.15, 0.2) is 6.61 Å². The highest BCUT2D eigenvalue weighted by Crippen LogP contribution is 2.34. The average molecular weight is 259 g/mol. The van der Waals surface area contributed by atoms with E-state index in [0.717, 1.165) is 5.82 Å². The first kappa shape index (κ1) is 11.5. The fourth-order valence-corrected chi connectivity index (χ4v) is 2.06. The average Bonchev–Trinajstić information content (AvgIpc) is 2.68. The number of benzene rings is 1. The summed E-state index contributed by atoms with van der Waals surface area (Å²) in [5.74, 6) is 1.77. The van der Waals surface area contributed by atoms with Crippen molar-refractivity contribution < 1.29 is 9.53 Å². The molecule has 0 radical (unpaired) electrons. The highest BCUT2D eigenvalue weighted by Gasteiger charge is 2.19. The number of amides is 1. The lowest BCUT2D eigenvalue weighted by atomic mass is 10.2. The van der Waals surface area contributed by atoms with Crippen LogP contribution in [-0.4, -0.2) is 27.3 Å². The van der Waals surface area contributed by atoms with Crippen LogP contribution in [0.25, 0.3) is 5.69 Å². The second kappa shape index (κ2) is 3.98. The minimum atomic E-state index is -0.185. The summed E-state index contributed by atoms with van der Waals surface area (Å²) in [6.07, 6.45) is 0. The van der Waals surface area contributed by atoms with Crippen LogP contribution in [0.15, 0.2) is 12.1 Å². The van der Waals surface area contributed by atoms with Crippen molar-refractivity contribution in [2.24, 2.45) is 0 Å². The summed E-state index contributed by atoms with van der Waals surface area (Å²) >= 11 is 0. The van der Waals surface area contributed by atoms with E-state index in [1.807, 2.05) is 13.8 Å². The van der Waals surface area contributed by atoms with Gasteiger partial charge in [-0.15, -0.1) is 0 Å². The van der Waals surface area contributed by atoms with E-state index in [-0.39, 0.29) is 12.5 Å². The van der Waals surface area contributed by atoms with Crippen LogP contribution in [0, 0.1) is 13.8 Å². The first-order chi connectivity index (χ1) is 9.04. The molecule has 3 N–H and O–H groups in total. The molecule has 7 nitrogen and oxygen atoms in total. The third-order valence-electron chi connectivity index (χ3n) is 2.86. The van der Waals surface area contributed by atoms with E-state index < -0.39 is 0 Å². The minimum Gasteiger partial charge on any atom is -0.482 e. The molecular weight excluding hydrogens is 246 g/mol. The number of nitrogens with zero attached hydrogens (tertiary/aromatic N) is 3. The van der Waals surface area contributed by atoms with Gasteiger partial charge in [-0.1, -0.05) is 0 Å². The maximum atomic E-state index is 11.3. The molecule has 7 heteroatoms. The van der Waals surface area contributed by atoms with E-state index >= 15 is 0 Å². The van der Waals surface area contributed by atoms with Crippen molar-refractivity contribution in [2.75, 3.05) is 17.7 Å². The molecule has 1 aromatic carbocycles. The van der Waals surface area contributed by atoms with Crippen molar-refractivity contribution >= 4 is 17.3 Å². The molecule has 0 fully saturated rings. The Morgan fingerprint density at radius 1 is 1.42 bits per heavy atom. The Kier molecular flexibility index (Phi) is 2.41. The number of hydrogen-bond acceptors (Lipinski definition) is 5. The quantitative estimate of drug-likeness (QED) is 0.738. The molecule has 2 aromatic rings. The molecule has 0 saturated carbocycles. The smallest absolute Gasteiger partial charge is 0.262 e. The molecule has 19 heavy (non-hydrogen) atoms. The Morgan fingerprint density at radius 3 is 2.89 bits per heavy atom. The van der Waals surface area contributed by atoms with Crippen molar-refractivity contribution in [2.45, 2.75) is 13.8 Å². The summed E-state index contributed by atoms with van der Waals surface area (Å²) in [6, 6.07) is 3.42. The number of nitrogens with one attached hydrogen (secondary N) is 1. The lowest BCUT2D eigenvalue weighted by molar-refractivity contribution is -0.118. The number of aryl methyl sites for hydroxylation is 2. The zero-order chi connectivity index (χ0) is 13.6. The van der Waals surface area contributed by atoms with E-state index in [0.29, 0.717) is 28.6 Å². The first-order valence-corrected chi connectivity index (χ1v) is 5.81. The number of hydrogen-bond donors (Lipinski definition) is 2. The molecule has 1 aliphatic heterocycles. The Balaban J connectivity index is 2.14. The first-order valence-electron chi connectivity index (χ1n) is 5.81. The fraction of sp³-hybridized carbons (Fsp3) is 0.250. The Labute approximate surface area is 109 Å². The number of fused-ring (bicyclic) bond motifs is 1. The molecule has 0 bridgehead atoms. The normalized spacial score (nSPS) is 13.7. The SMILES string of the molecule is Cc1nc(C)n(-c2cc3c(cc2N)OCC(=O)N3)n1. The van der Waals surface area contributed by atoms with Gasteiger partial charge in [-0.25, -0.2) is 9.67 Å². The Hall–Kier alpha value is -2.57. The van der Waals surface area contributed by atoms with Gasteiger partial charge in [-0.2, -0.15) is 5.10 Å². The van der Waals surface area contributed by atoms with Gasteiger partial charge >= 0.3 is 0 Å². The molecule has 0 aliphatic carbocycles. The second-order valence-corrected chi connectivity index (χ2v) is 4.36.